The van der Waals surface area contributed by atoms with Gasteiger partial charge in [-0.05, 0) is 25.1 Å². The average Bonchev–Trinajstić information content (AvgIpc) is 2.52. The molecule has 0 aliphatic heterocycles. The summed E-state index contributed by atoms with van der Waals surface area (Å²) in [6, 6.07) is 15.5. The monoisotopic (exact) mass is 281 g/mol. The maximum Gasteiger partial charge on any atom is 0.123 e. The van der Waals surface area contributed by atoms with Crippen LogP contribution in [0.2, 0.25) is 0 Å². The van der Waals surface area contributed by atoms with Gasteiger partial charge < -0.3 is 15.2 Å². The average molecular weight is 281 g/mol. The molecule has 0 fully saturated rings. The Morgan fingerprint density at radius 2 is 1.76 bits per heavy atom. The van der Waals surface area contributed by atoms with Gasteiger partial charge in [0.15, 0.2) is 0 Å². The third-order valence-corrected chi connectivity index (χ3v) is 2.85. The molecule has 3 nitrogen and oxygen atoms in total. The van der Waals surface area contributed by atoms with E-state index in [4.69, 9.17) is 15.2 Å². The van der Waals surface area contributed by atoms with Crippen LogP contribution in [0.5, 0.6) is 11.5 Å². The highest BCUT2D eigenvalue weighted by Gasteiger charge is 2.02. The standard InChI is InChI=1S/C18H19NO2/c1-2-20-17-10-5-11-18(13-17)21-14-16-8-4-3-7-15(16)9-6-12-19/h3-5,7-8,10-11,13H,2,12,14,19H2,1H3. The molecule has 0 saturated carbocycles. The van der Waals surface area contributed by atoms with Crippen LogP contribution < -0.4 is 15.2 Å². The Hall–Kier alpha value is -2.44. The van der Waals surface area contributed by atoms with Crippen molar-refractivity contribution in [3.63, 3.8) is 0 Å². The van der Waals surface area contributed by atoms with Gasteiger partial charge in [-0.15, -0.1) is 0 Å². The SMILES string of the molecule is CCOc1cccc(OCc2ccccc2C#CCN)c1. The molecule has 0 radical (unpaired) electrons. The first-order valence-electron chi connectivity index (χ1n) is 6.96. The lowest BCUT2D eigenvalue weighted by molar-refractivity contribution is 0.299. The number of rotatable bonds is 5. The summed E-state index contributed by atoms with van der Waals surface area (Å²) >= 11 is 0. The summed E-state index contributed by atoms with van der Waals surface area (Å²) in [5.74, 6) is 7.52. The van der Waals surface area contributed by atoms with Crippen LogP contribution in [0.3, 0.4) is 0 Å². The van der Waals surface area contributed by atoms with Crippen LogP contribution in [0.15, 0.2) is 48.5 Å². The first-order valence-corrected chi connectivity index (χ1v) is 6.96. The zero-order chi connectivity index (χ0) is 14.9. The van der Waals surface area contributed by atoms with E-state index in [1.807, 2.05) is 55.5 Å². The Morgan fingerprint density at radius 1 is 1.00 bits per heavy atom. The molecule has 0 atom stereocenters. The second kappa shape index (κ2) is 7.98. The smallest absolute Gasteiger partial charge is 0.123 e. The lowest BCUT2D eigenvalue weighted by Crippen LogP contribution is -1.99. The van der Waals surface area contributed by atoms with Crippen molar-refractivity contribution < 1.29 is 9.47 Å². The predicted molar refractivity (Wildman–Crippen MR) is 84.3 cm³/mol. The topological polar surface area (TPSA) is 44.5 Å². The van der Waals surface area contributed by atoms with Gasteiger partial charge in [-0.2, -0.15) is 0 Å². The molecule has 21 heavy (non-hydrogen) atoms. The van der Waals surface area contributed by atoms with E-state index in [0.717, 1.165) is 22.6 Å². The quantitative estimate of drug-likeness (QED) is 0.857. The van der Waals surface area contributed by atoms with E-state index in [1.54, 1.807) is 0 Å². The molecular weight excluding hydrogens is 262 g/mol. The van der Waals surface area contributed by atoms with Crippen molar-refractivity contribution in [1.29, 1.82) is 0 Å². The summed E-state index contributed by atoms with van der Waals surface area (Å²) in [7, 11) is 0. The van der Waals surface area contributed by atoms with Gasteiger partial charge in [-0.3, -0.25) is 0 Å². The number of ether oxygens (including phenoxy) is 2. The van der Waals surface area contributed by atoms with Crippen LogP contribution in [0.25, 0.3) is 0 Å². The third-order valence-electron chi connectivity index (χ3n) is 2.85. The highest BCUT2D eigenvalue weighted by atomic mass is 16.5. The van der Waals surface area contributed by atoms with E-state index in [0.29, 0.717) is 19.8 Å². The van der Waals surface area contributed by atoms with E-state index in [2.05, 4.69) is 11.8 Å². The Kier molecular flexibility index (Phi) is 5.69. The molecule has 0 aliphatic carbocycles. The molecule has 0 amide bonds. The first kappa shape index (κ1) is 15.0. The summed E-state index contributed by atoms with van der Waals surface area (Å²) < 4.78 is 11.3. The Balaban J connectivity index is 2.08. The molecular formula is C18H19NO2. The van der Waals surface area contributed by atoms with Gasteiger partial charge in [0, 0.05) is 17.2 Å². The van der Waals surface area contributed by atoms with Crippen molar-refractivity contribution in [1.82, 2.24) is 0 Å². The fraction of sp³-hybridized carbons (Fsp3) is 0.222. The zero-order valence-electron chi connectivity index (χ0n) is 12.1. The molecule has 0 heterocycles. The van der Waals surface area contributed by atoms with Gasteiger partial charge >= 0.3 is 0 Å². The van der Waals surface area contributed by atoms with E-state index < -0.39 is 0 Å². The Morgan fingerprint density at radius 3 is 2.52 bits per heavy atom. The minimum absolute atomic E-state index is 0.353. The maximum atomic E-state index is 5.82. The molecule has 2 rings (SSSR count). The van der Waals surface area contributed by atoms with E-state index in [1.165, 1.54) is 0 Å². The highest BCUT2D eigenvalue weighted by molar-refractivity contribution is 5.41. The van der Waals surface area contributed by atoms with Crippen LogP contribution in [-0.2, 0) is 6.61 Å². The fourth-order valence-corrected chi connectivity index (χ4v) is 1.90. The van der Waals surface area contributed by atoms with E-state index in [9.17, 15) is 0 Å². The first-order chi connectivity index (χ1) is 10.3. The van der Waals surface area contributed by atoms with Crippen molar-refractivity contribution in [2.24, 2.45) is 5.73 Å². The summed E-state index contributed by atoms with van der Waals surface area (Å²) in [6.07, 6.45) is 0. The lowest BCUT2D eigenvalue weighted by atomic mass is 10.1. The van der Waals surface area contributed by atoms with Gasteiger partial charge in [-0.1, -0.05) is 36.1 Å². The van der Waals surface area contributed by atoms with Crippen molar-refractivity contribution in [3.8, 4) is 23.3 Å². The van der Waals surface area contributed by atoms with Crippen molar-refractivity contribution >= 4 is 0 Å². The van der Waals surface area contributed by atoms with E-state index in [-0.39, 0.29) is 0 Å². The minimum atomic E-state index is 0.353. The summed E-state index contributed by atoms with van der Waals surface area (Å²) in [5, 5.41) is 0. The summed E-state index contributed by atoms with van der Waals surface area (Å²) in [5.41, 5.74) is 7.41. The molecule has 2 aromatic carbocycles. The van der Waals surface area contributed by atoms with Crippen molar-refractivity contribution in [2.75, 3.05) is 13.2 Å². The maximum absolute atomic E-state index is 5.82. The fourth-order valence-electron chi connectivity index (χ4n) is 1.90. The molecule has 2 aromatic rings. The molecule has 0 spiro atoms. The van der Waals surface area contributed by atoms with Crippen LogP contribution in [0.1, 0.15) is 18.1 Å². The second-order valence-electron chi connectivity index (χ2n) is 4.36. The molecule has 3 heteroatoms. The number of hydrogen-bond acceptors (Lipinski definition) is 3. The molecule has 108 valence electrons. The molecule has 0 aliphatic rings. The summed E-state index contributed by atoms with van der Waals surface area (Å²) in [6.45, 7) is 3.41. The number of benzene rings is 2. The van der Waals surface area contributed by atoms with Gasteiger partial charge in [0.25, 0.3) is 0 Å². The second-order valence-corrected chi connectivity index (χ2v) is 4.36. The zero-order valence-corrected chi connectivity index (χ0v) is 12.1. The molecule has 0 saturated heterocycles. The van der Waals surface area contributed by atoms with Crippen molar-refractivity contribution in [2.45, 2.75) is 13.5 Å². The molecule has 0 unspecified atom stereocenters. The molecule has 0 aromatic heterocycles. The van der Waals surface area contributed by atoms with Gasteiger partial charge in [-0.25, -0.2) is 0 Å². The van der Waals surface area contributed by atoms with Gasteiger partial charge in [0.2, 0.25) is 0 Å². The Labute approximate surface area is 125 Å². The van der Waals surface area contributed by atoms with Crippen molar-refractivity contribution in [3.05, 3.63) is 59.7 Å². The molecule has 0 bridgehead atoms. The van der Waals surface area contributed by atoms with Gasteiger partial charge in [0.1, 0.15) is 18.1 Å². The third kappa shape index (κ3) is 4.55. The molecule has 2 N–H and O–H groups in total. The van der Waals surface area contributed by atoms with Crippen LogP contribution in [0.4, 0.5) is 0 Å². The predicted octanol–water partition coefficient (Wildman–Crippen LogP) is 2.97. The largest absolute Gasteiger partial charge is 0.494 e. The number of nitrogens with two attached hydrogens (primary N) is 1. The Bertz CT molecular complexity index is 641. The number of hydrogen-bond donors (Lipinski definition) is 1. The normalized spacial score (nSPS) is 9.62. The highest BCUT2D eigenvalue weighted by Crippen LogP contribution is 2.21. The van der Waals surface area contributed by atoms with Crippen LogP contribution in [0, 0.1) is 11.8 Å². The van der Waals surface area contributed by atoms with Crippen LogP contribution >= 0.6 is 0 Å². The lowest BCUT2D eigenvalue weighted by Gasteiger charge is -2.09. The summed E-state index contributed by atoms with van der Waals surface area (Å²) in [4.78, 5) is 0. The van der Waals surface area contributed by atoms with Crippen LogP contribution in [-0.4, -0.2) is 13.2 Å². The van der Waals surface area contributed by atoms with E-state index >= 15 is 0 Å². The van der Waals surface area contributed by atoms with Gasteiger partial charge in [0.05, 0.1) is 13.2 Å². The minimum Gasteiger partial charge on any atom is -0.494 e.